The van der Waals surface area contributed by atoms with Gasteiger partial charge in [-0.3, -0.25) is 0 Å². The van der Waals surface area contributed by atoms with E-state index in [0.29, 0.717) is 26.3 Å². The van der Waals surface area contributed by atoms with E-state index in [9.17, 15) is 0 Å². The van der Waals surface area contributed by atoms with Gasteiger partial charge in [-0.2, -0.15) is 0 Å². The van der Waals surface area contributed by atoms with Gasteiger partial charge in [-0.1, -0.05) is 152 Å². The zero-order valence-electron chi connectivity index (χ0n) is 22.8. The van der Waals surface area contributed by atoms with Gasteiger partial charge in [0, 0.05) is 13.1 Å². The summed E-state index contributed by atoms with van der Waals surface area (Å²) in [6.45, 7) is 2.07. The van der Waals surface area contributed by atoms with Crippen molar-refractivity contribution in [3.8, 4) is 0 Å². The summed E-state index contributed by atoms with van der Waals surface area (Å²) in [5, 5.41) is 0. The normalized spacial score (nSPS) is 11.1. The predicted molar refractivity (Wildman–Crippen MR) is 164 cm³/mol. The molecule has 0 aliphatic rings. The summed E-state index contributed by atoms with van der Waals surface area (Å²) in [6.07, 6.45) is -0.0269. The van der Waals surface area contributed by atoms with Crippen molar-refractivity contribution in [3.63, 3.8) is 0 Å². The van der Waals surface area contributed by atoms with E-state index < -0.39 is 5.60 Å². The summed E-state index contributed by atoms with van der Waals surface area (Å²) in [5.74, 6) is 0. The maximum absolute atomic E-state index is 6.41. The smallest absolute Gasteiger partial charge is 0.143 e. The van der Waals surface area contributed by atoms with Crippen LogP contribution in [0.15, 0.2) is 152 Å². The van der Waals surface area contributed by atoms with Crippen LogP contribution in [0.1, 0.15) is 33.9 Å². The molecule has 40 heavy (non-hydrogen) atoms. The number of hydrogen-bond donors (Lipinski definition) is 2. The fourth-order valence-electron chi connectivity index (χ4n) is 4.81. The van der Waals surface area contributed by atoms with Crippen LogP contribution in [-0.4, -0.2) is 26.3 Å². The first-order valence-corrected chi connectivity index (χ1v) is 13.7. The Balaban J connectivity index is 0.000000194. The van der Waals surface area contributed by atoms with Crippen LogP contribution in [0, 0.1) is 0 Å². The molecule has 4 nitrogen and oxygen atoms in total. The summed E-state index contributed by atoms with van der Waals surface area (Å²) in [7, 11) is 0. The molecular formula is C36H38N2O2. The molecule has 4 heteroatoms. The van der Waals surface area contributed by atoms with Crippen molar-refractivity contribution in [1.29, 1.82) is 0 Å². The molecule has 5 aromatic carbocycles. The fourth-order valence-corrected chi connectivity index (χ4v) is 4.81. The second kappa shape index (κ2) is 15.5. The van der Waals surface area contributed by atoms with Crippen molar-refractivity contribution in [3.05, 3.63) is 179 Å². The maximum atomic E-state index is 6.41. The predicted octanol–water partition coefficient (Wildman–Crippen LogP) is 6.71. The molecule has 0 heterocycles. The minimum atomic E-state index is -0.650. The molecule has 0 aromatic heterocycles. The zero-order valence-corrected chi connectivity index (χ0v) is 22.8. The fraction of sp³-hybridized carbons (Fsp3) is 0.167. The Morgan fingerprint density at radius 2 is 0.775 bits per heavy atom. The summed E-state index contributed by atoms with van der Waals surface area (Å²) < 4.78 is 12.3. The van der Waals surface area contributed by atoms with Gasteiger partial charge >= 0.3 is 0 Å². The van der Waals surface area contributed by atoms with Crippen LogP contribution in [0.5, 0.6) is 0 Å². The number of nitrogens with two attached hydrogens (primary N) is 2. The maximum Gasteiger partial charge on any atom is 0.143 e. The lowest BCUT2D eigenvalue weighted by atomic mass is 9.80. The molecule has 0 bridgehead atoms. The van der Waals surface area contributed by atoms with Crippen LogP contribution in [0.4, 0.5) is 0 Å². The molecule has 0 unspecified atom stereocenters. The highest BCUT2D eigenvalue weighted by atomic mass is 16.5. The Kier molecular flexibility index (Phi) is 11.2. The summed E-state index contributed by atoms with van der Waals surface area (Å²) in [6, 6.07) is 51.4. The number of hydrogen-bond acceptors (Lipinski definition) is 4. The molecular weight excluding hydrogens is 492 g/mol. The summed E-state index contributed by atoms with van der Waals surface area (Å²) in [4.78, 5) is 0. The van der Waals surface area contributed by atoms with Crippen LogP contribution in [0.25, 0.3) is 0 Å². The van der Waals surface area contributed by atoms with E-state index in [0.717, 1.165) is 27.8 Å². The molecule has 0 fully saturated rings. The molecule has 204 valence electrons. The SMILES string of the molecule is NCCOC(c1ccccc1)(c1ccccc1)c1ccccc1.NCCOC(c1ccccc1)c1ccccc1. The lowest BCUT2D eigenvalue weighted by Gasteiger charge is -2.35. The second-order valence-electron chi connectivity index (χ2n) is 9.28. The third-order valence-corrected chi connectivity index (χ3v) is 6.58. The molecule has 0 saturated carbocycles. The number of rotatable bonds is 11. The van der Waals surface area contributed by atoms with E-state index in [-0.39, 0.29) is 6.10 Å². The topological polar surface area (TPSA) is 70.5 Å². The molecule has 5 rings (SSSR count). The van der Waals surface area contributed by atoms with Crippen molar-refractivity contribution in [2.75, 3.05) is 26.3 Å². The van der Waals surface area contributed by atoms with Crippen LogP contribution in [0.3, 0.4) is 0 Å². The summed E-state index contributed by atoms with van der Waals surface area (Å²) >= 11 is 0. The van der Waals surface area contributed by atoms with Gasteiger partial charge in [0.05, 0.1) is 13.2 Å². The molecule has 0 spiro atoms. The van der Waals surface area contributed by atoms with Crippen molar-refractivity contribution in [2.24, 2.45) is 11.5 Å². The van der Waals surface area contributed by atoms with Crippen molar-refractivity contribution in [2.45, 2.75) is 11.7 Å². The van der Waals surface area contributed by atoms with E-state index in [4.69, 9.17) is 20.9 Å². The molecule has 4 N–H and O–H groups in total. The zero-order chi connectivity index (χ0) is 27.9. The van der Waals surface area contributed by atoms with Gasteiger partial charge in [0.25, 0.3) is 0 Å². The Hall–Kier alpha value is -4.06. The third kappa shape index (κ3) is 7.32. The standard InChI is InChI=1S/C21H21NO.C15H17NO/c22-16-17-23-21(18-10-4-1-5-11-18,19-12-6-2-7-13-19)20-14-8-3-9-15-20;16-11-12-17-15(13-7-3-1-4-8-13)14-9-5-2-6-10-14/h1-15H,16-17,22H2;1-10,15H,11-12,16H2. The molecule has 0 saturated heterocycles. The lowest BCUT2D eigenvalue weighted by molar-refractivity contribution is 0.0179. The van der Waals surface area contributed by atoms with E-state index in [2.05, 4.69) is 60.7 Å². The highest BCUT2D eigenvalue weighted by Crippen LogP contribution is 2.40. The van der Waals surface area contributed by atoms with E-state index >= 15 is 0 Å². The van der Waals surface area contributed by atoms with Gasteiger partial charge in [-0.15, -0.1) is 0 Å². The van der Waals surface area contributed by atoms with Crippen LogP contribution in [-0.2, 0) is 15.1 Å². The first-order chi connectivity index (χ1) is 19.8. The third-order valence-electron chi connectivity index (χ3n) is 6.58. The number of benzene rings is 5. The molecule has 0 aliphatic heterocycles. The van der Waals surface area contributed by atoms with Crippen molar-refractivity contribution < 1.29 is 9.47 Å². The van der Waals surface area contributed by atoms with E-state index in [1.54, 1.807) is 0 Å². The van der Waals surface area contributed by atoms with E-state index in [1.807, 2.05) is 91.0 Å². The van der Waals surface area contributed by atoms with Gasteiger partial charge < -0.3 is 20.9 Å². The molecule has 0 amide bonds. The van der Waals surface area contributed by atoms with Gasteiger partial charge in [-0.25, -0.2) is 0 Å². The molecule has 0 atom stereocenters. The Morgan fingerprint density at radius 1 is 0.450 bits per heavy atom. The molecule has 5 aromatic rings. The summed E-state index contributed by atoms with van der Waals surface area (Å²) in [5.41, 5.74) is 16.2. The average molecular weight is 531 g/mol. The Labute approximate surface area is 238 Å². The Morgan fingerprint density at radius 3 is 1.10 bits per heavy atom. The van der Waals surface area contributed by atoms with Gasteiger partial charge in [0.15, 0.2) is 0 Å². The van der Waals surface area contributed by atoms with Gasteiger partial charge in [0.2, 0.25) is 0 Å². The largest absolute Gasteiger partial charge is 0.367 e. The first kappa shape index (κ1) is 28.9. The lowest BCUT2D eigenvalue weighted by Crippen LogP contribution is -2.34. The molecule has 0 radical (unpaired) electrons. The van der Waals surface area contributed by atoms with Gasteiger partial charge in [0.1, 0.15) is 11.7 Å². The van der Waals surface area contributed by atoms with E-state index in [1.165, 1.54) is 0 Å². The Bertz CT molecular complexity index is 1210. The second-order valence-corrected chi connectivity index (χ2v) is 9.28. The van der Waals surface area contributed by atoms with Crippen molar-refractivity contribution in [1.82, 2.24) is 0 Å². The highest BCUT2D eigenvalue weighted by Gasteiger charge is 2.37. The van der Waals surface area contributed by atoms with Gasteiger partial charge in [-0.05, 0) is 27.8 Å². The van der Waals surface area contributed by atoms with Crippen LogP contribution < -0.4 is 11.5 Å². The highest BCUT2D eigenvalue weighted by molar-refractivity contribution is 5.47. The van der Waals surface area contributed by atoms with Crippen LogP contribution >= 0.6 is 0 Å². The van der Waals surface area contributed by atoms with Crippen molar-refractivity contribution >= 4 is 0 Å². The minimum Gasteiger partial charge on any atom is -0.367 e. The monoisotopic (exact) mass is 530 g/mol. The molecule has 0 aliphatic carbocycles. The quantitative estimate of drug-likeness (QED) is 0.186. The minimum absolute atomic E-state index is 0.0269. The van der Waals surface area contributed by atoms with Crippen LogP contribution in [0.2, 0.25) is 0 Å². The number of ether oxygens (including phenoxy) is 2. The first-order valence-electron chi connectivity index (χ1n) is 13.7. The average Bonchev–Trinajstić information content (AvgIpc) is 3.05.